The van der Waals surface area contributed by atoms with Crippen LogP contribution in [0.3, 0.4) is 0 Å². The van der Waals surface area contributed by atoms with Crippen molar-refractivity contribution < 1.29 is 29.4 Å². The molecule has 0 aromatic heterocycles. The fraction of sp³-hybridized carbons (Fsp3) is 0.590. The molecule has 0 spiro atoms. The molecule has 2 aromatic rings. The van der Waals surface area contributed by atoms with Gasteiger partial charge in [-0.15, -0.1) is 0 Å². The van der Waals surface area contributed by atoms with E-state index >= 15 is 0 Å². The van der Waals surface area contributed by atoms with E-state index in [4.69, 9.17) is 0 Å². The Morgan fingerprint density at radius 1 is 0.489 bits per heavy atom. The molecule has 0 fully saturated rings. The number of hydrogen-bond acceptors (Lipinski definition) is 4. The first-order valence-corrected chi connectivity index (χ1v) is 18.1. The number of benzene rings is 2. The highest BCUT2D eigenvalue weighted by atomic mass is 16.4. The Morgan fingerprint density at radius 3 is 1.13 bits per heavy atom. The van der Waals surface area contributed by atoms with Gasteiger partial charge >= 0.3 is 11.9 Å². The summed E-state index contributed by atoms with van der Waals surface area (Å²) < 4.78 is 0. The van der Waals surface area contributed by atoms with Crippen molar-refractivity contribution in [2.24, 2.45) is 0 Å². The van der Waals surface area contributed by atoms with Crippen LogP contribution in [-0.4, -0.2) is 34.0 Å². The molecule has 0 saturated carbocycles. The molecule has 0 aliphatic heterocycles. The van der Waals surface area contributed by atoms with Crippen LogP contribution in [0.2, 0.25) is 0 Å². The molecule has 0 atom stereocenters. The molecule has 47 heavy (non-hydrogen) atoms. The summed E-state index contributed by atoms with van der Waals surface area (Å²) in [6, 6.07) is 9.68. The van der Waals surface area contributed by atoms with Crippen molar-refractivity contribution in [1.82, 2.24) is 0 Å². The highest BCUT2D eigenvalue weighted by Gasteiger charge is 2.16. The summed E-state index contributed by atoms with van der Waals surface area (Å²) >= 11 is 0. The van der Waals surface area contributed by atoms with Crippen LogP contribution in [0.25, 0.3) is 0 Å². The zero-order valence-electron chi connectivity index (χ0n) is 28.8. The van der Waals surface area contributed by atoms with Crippen molar-refractivity contribution in [3.8, 4) is 0 Å². The monoisotopic (exact) mass is 650 g/mol. The van der Waals surface area contributed by atoms with E-state index in [1.54, 1.807) is 24.3 Å². The predicted octanol–water partition coefficient (Wildman–Crippen LogP) is 10.4. The summed E-state index contributed by atoms with van der Waals surface area (Å²) in [4.78, 5) is 49.1. The Morgan fingerprint density at radius 2 is 0.809 bits per heavy atom. The van der Waals surface area contributed by atoms with Crippen LogP contribution in [0.4, 0.5) is 11.4 Å². The minimum Gasteiger partial charge on any atom is -0.478 e. The topological polar surface area (TPSA) is 133 Å². The van der Waals surface area contributed by atoms with E-state index in [0.29, 0.717) is 30.4 Å². The Bertz CT molecular complexity index is 1160. The lowest BCUT2D eigenvalue weighted by atomic mass is 9.99. The Balaban J connectivity index is 1.87. The second-order valence-corrected chi connectivity index (χ2v) is 12.8. The van der Waals surface area contributed by atoms with Crippen LogP contribution in [0.1, 0.15) is 174 Å². The SMILES string of the molecule is CCCCCCCCCCCC(=O)Nc1ccc(Cc2ccc(NC(=O)CCCCCCCCCCC)c(C(=O)O)c2)cc1C(=O)O. The van der Waals surface area contributed by atoms with Gasteiger partial charge in [-0.05, 0) is 54.7 Å². The third-order valence-corrected chi connectivity index (χ3v) is 8.60. The van der Waals surface area contributed by atoms with Crippen LogP contribution in [-0.2, 0) is 16.0 Å². The van der Waals surface area contributed by atoms with Gasteiger partial charge in [-0.25, -0.2) is 9.59 Å². The number of aromatic carboxylic acids is 2. The molecular formula is C39H58N2O6. The first-order valence-electron chi connectivity index (χ1n) is 18.1. The van der Waals surface area contributed by atoms with E-state index in [9.17, 15) is 29.4 Å². The Labute approximate surface area is 282 Å². The summed E-state index contributed by atoms with van der Waals surface area (Å²) in [5.74, 6) is -2.71. The Kier molecular flexibility index (Phi) is 19.8. The number of amides is 2. The standard InChI is InChI=1S/C39H58N2O6/c1-3-5-7-9-11-13-15-17-19-21-36(42)40-34-25-23-30(28-32(34)38(44)45)27-31-24-26-35(33(29-31)39(46)47)41-37(43)22-20-18-16-14-12-10-8-6-4-2/h23-26,28-29H,3-22,27H2,1-2H3,(H,40,42)(H,41,43)(H,44,45)(H,46,47). The largest absolute Gasteiger partial charge is 0.478 e. The van der Waals surface area contributed by atoms with Gasteiger partial charge in [-0.2, -0.15) is 0 Å². The quantitative estimate of drug-likeness (QED) is 0.0749. The van der Waals surface area contributed by atoms with E-state index in [0.717, 1.165) is 38.5 Å². The average Bonchev–Trinajstić information content (AvgIpc) is 3.04. The van der Waals surface area contributed by atoms with E-state index in [2.05, 4.69) is 24.5 Å². The fourth-order valence-electron chi connectivity index (χ4n) is 5.83. The van der Waals surface area contributed by atoms with E-state index in [1.165, 1.54) is 89.2 Å². The third kappa shape index (κ3) is 16.6. The van der Waals surface area contributed by atoms with Crippen molar-refractivity contribution in [2.75, 3.05) is 10.6 Å². The number of carboxylic acids is 2. The molecule has 4 N–H and O–H groups in total. The van der Waals surface area contributed by atoms with Crippen molar-refractivity contribution >= 4 is 35.1 Å². The molecular weight excluding hydrogens is 592 g/mol. The smallest absolute Gasteiger partial charge is 0.337 e. The fourth-order valence-corrected chi connectivity index (χ4v) is 5.83. The molecule has 260 valence electrons. The normalized spacial score (nSPS) is 10.9. The molecule has 8 heteroatoms. The predicted molar refractivity (Wildman–Crippen MR) is 191 cm³/mol. The summed E-state index contributed by atoms with van der Waals surface area (Å²) in [6.07, 6.45) is 21.7. The molecule has 0 radical (unpaired) electrons. The molecule has 0 unspecified atom stereocenters. The maximum Gasteiger partial charge on any atom is 0.337 e. The van der Waals surface area contributed by atoms with E-state index in [1.807, 2.05) is 0 Å². The number of rotatable bonds is 26. The molecule has 0 aliphatic rings. The van der Waals surface area contributed by atoms with Gasteiger partial charge in [0.2, 0.25) is 11.8 Å². The highest BCUT2D eigenvalue weighted by Crippen LogP contribution is 2.24. The lowest BCUT2D eigenvalue weighted by molar-refractivity contribution is -0.117. The second kappa shape index (κ2) is 23.6. The van der Waals surface area contributed by atoms with Crippen molar-refractivity contribution in [3.63, 3.8) is 0 Å². The van der Waals surface area contributed by atoms with Gasteiger partial charge in [0, 0.05) is 12.8 Å². The van der Waals surface area contributed by atoms with Gasteiger partial charge in [0.15, 0.2) is 0 Å². The zero-order valence-corrected chi connectivity index (χ0v) is 28.8. The molecule has 0 saturated heterocycles. The number of carbonyl (C=O) groups excluding carboxylic acids is 2. The molecule has 8 nitrogen and oxygen atoms in total. The number of nitrogens with one attached hydrogen (secondary N) is 2. The second-order valence-electron chi connectivity index (χ2n) is 12.8. The summed E-state index contributed by atoms with van der Waals surface area (Å²) in [5.41, 5.74) is 1.80. The van der Waals surface area contributed by atoms with Gasteiger partial charge in [0.1, 0.15) is 0 Å². The molecule has 2 rings (SSSR count). The molecule has 0 heterocycles. The van der Waals surface area contributed by atoms with E-state index in [-0.39, 0.29) is 34.3 Å². The Hall–Kier alpha value is -3.68. The number of hydrogen-bond donors (Lipinski definition) is 4. The first-order chi connectivity index (χ1) is 22.7. The molecule has 0 bridgehead atoms. The zero-order chi connectivity index (χ0) is 34.3. The maximum absolute atomic E-state index is 12.5. The number of carbonyl (C=O) groups is 4. The van der Waals surface area contributed by atoms with Crippen LogP contribution in [0.15, 0.2) is 36.4 Å². The highest BCUT2D eigenvalue weighted by molar-refractivity contribution is 6.01. The summed E-state index contributed by atoms with van der Waals surface area (Å²) in [6.45, 7) is 4.42. The van der Waals surface area contributed by atoms with Crippen LogP contribution in [0, 0.1) is 0 Å². The van der Waals surface area contributed by atoms with E-state index < -0.39 is 11.9 Å². The number of unbranched alkanes of at least 4 members (excludes halogenated alkanes) is 16. The molecule has 2 aromatic carbocycles. The van der Waals surface area contributed by atoms with Crippen molar-refractivity contribution in [1.29, 1.82) is 0 Å². The third-order valence-electron chi connectivity index (χ3n) is 8.60. The van der Waals surface area contributed by atoms with Crippen molar-refractivity contribution in [2.45, 2.75) is 149 Å². The average molecular weight is 651 g/mol. The van der Waals surface area contributed by atoms with Gasteiger partial charge in [0.05, 0.1) is 22.5 Å². The van der Waals surface area contributed by atoms with Gasteiger partial charge in [-0.1, -0.05) is 129 Å². The van der Waals surface area contributed by atoms with Gasteiger partial charge in [0.25, 0.3) is 0 Å². The number of carboxylic acid groups (broad SMARTS) is 2. The lowest BCUT2D eigenvalue weighted by Crippen LogP contribution is -2.15. The summed E-state index contributed by atoms with van der Waals surface area (Å²) in [7, 11) is 0. The van der Waals surface area contributed by atoms with Crippen LogP contribution < -0.4 is 10.6 Å². The first kappa shape index (κ1) is 39.5. The van der Waals surface area contributed by atoms with Gasteiger partial charge in [-0.3, -0.25) is 9.59 Å². The summed E-state index contributed by atoms with van der Waals surface area (Å²) in [5, 5.41) is 25.2. The van der Waals surface area contributed by atoms with Gasteiger partial charge < -0.3 is 20.8 Å². The minimum absolute atomic E-state index is 0.0123. The van der Waals surface area contributed by atoms with Crippen LogP contribution in [0.5, 0.6) is 0 Å². The lowest BCUT2D eigenvalue weighted by Gasteiger charge is -2.13. The minimum atomic E-state index is -1.15. The van der Waals surface area contributed by atoms with Crippen molar-refractivity contribution in [3.05, 3.63) is 58.7 Å². The number of anilines is 2. The van der Waals surface area contributed by atoms with Crippen LogP contribution >= 0.6 is 0 Å². The molecule has 0 aliphatic carbocycles. The maximum atomic E-state index is 12.5. The molecule has 2 amide bonds.